The molecule has 1 aliphatic rings. The maximum absolute atomic E-state index is 11.3. The van der Waals surface area contributed by atoms with Crippen LogP contribution in [0.1, 0.15) is 20.3 Å². The molecule has 1 aliphatic heterocycles. The summed E-state index contributed by atoms with van der Waals surface area (Å²) in [6.07, 6.45) is -6.63. The molecule has 34 heavy (non-hydrogen) atoms. The summed E-state index contributed by atoms with van der Waals surface area (Å²) >= 11 is 0. The van der Waals surface area contributed by atoms with Crippen LogP contribution in [0.25, 0.3) is 0 Å². The highest BCUT2D eigenvalue weighted by Gasteiger charge is 2.47. The van der Waals surface area contributed by atoms with Crippen molar-refractivity contribution in [3.05, 3.63) is 38.4 Å². The van der Waals surface area contributed by atoms with Gasteiger partial charge in [-0.25, -0.2) is 0 Å². The van der Waals surface area contributed by atoms with Gasteiger partial charge in [-0.05, 0) is 12.5 Å². The highest BCUT2D eigenvalue weighted by atomic mass is 16.7. The Kier molecular flexibility index (Phi) is 9.61. The molecular weight excluding hydrogens is 462 g/mol. The van der Waals surface area contributed by atoms with Crippen LogP contribution in [0, 0.1) is 20.2 Å². The summed E-state index contributed by atoms with van der Waals surface area (Å²) in [7, 11) is 0. The average Bonchev–Trinajstić information content (AvgIpc) is 2.76. The van der Waals surface area contributed by atoms with E-state index in [0.717, 1.165) is 26.0 Å². The number of rotatable bonds is 11. The van der Waals surface area contributed by atoms with Gasteiger partial charge in [0.05, 0.1) is 22.5 Å². The number of non-ortho nitro benzene ring substituents is 1. The SMILES string of the molecule is CC(=O)OC[C@H]1O[C@@H](OCCCNc2ccc([N+](=O)[O-])cc2[N+](=O)[O-])[C@H](O)[C@@H](OC(C)=O)[C@@H]1O. The van der Waals surface area contributed by atoms with Crippen LogP contribution >= 0.6 is 0 Å². The molecule has 0 radical (unpaired) electrons. The monoisotopic (exact) mass is 487 g/mol. The normalized spacial score (nSPS) is 24.2. The van der Waals surface area contributed by atoms with Gasteiger partial charge < -0.3 is 34.5 Å². The number of anilines is 1. The third-order valence-electron chi connectivity index (χ3n) is 4.70. The highest BCUT2D eigenvalue weighted by Crippen LogP contribution is 2.29. The van der Waals surface area contributed by atoms with Gasteiger partial charge >= 0.3 is 11.9 Å². The third-order valence-corrected chi connectivity index (χ3v) is 4.70. The Morgan fingerprint density at radius 3 is 2.41 bits per heavy atom. The smallest absolute Gasteiger partial charge is 0.303 e. The van der Waals surface area contributed by atoms with Crippen molar-refractivity contribution in [2.75, 3.05) is 25.1 Å². The molecule has 1 saturated heterocycles. The van der Waals surface area contributed by atoms with Crippen LogP contribution in [0.3, 0.4) is 0 Å². The van der Waals surface area contributed by atoms with E-state index < -0.39 is 63.9 Å². The zero-order chi connectivity index (χ0) is 25.4. The molecule has 1 aromatic rings. The minimum atomic E-state index is -1.55. The molecule has 0 bridgehead atoms. The van der Waals surface area contributed by atoms with E-state index in [1.54, 1.807) is 0 Å². The molecule has 5 atom stereocenters. The van der Waals surface area contributed by atoms with Crippen LogP contribution in [0.15, 0.2) is 18.2 Å². The van der Waals surface area contributed by atoms with Gasteiger partial charge in [0, 0.05) is 26.5 Å². The minimum absolute atomic E-state index is 0.0291. The van der Waals surface area contributed by atoms with Gasteiger partial charge in [-0.2, -0.15) is 0 Å². The van der Waals surface area contributed by atoms with Gasteiger partial charge in [-0.3, -0.25) is 29.8 Å². The maximum atomic E-state index is 11.3. The van der Waals surface area contributed by atoms with Crippen LogP contribution in [0.4, 0.5) is 17.1 Å². The molecule has 0 amide bonds. The Morgan fingerprint density at radius 1 is 1.12 bits per heavy atom. The molecule has 15 nitrogen and oxygen atoms in total. The number of nitrogens with zero attached hydrogens (tertiary/aromatic N) is 2. The van der Waals surface area contributed by atoms with Crippen LogP contribution < -0.4 is 5.32 Å². The van der Waals surface area contributed by atoms with E-state index in [-0.39, 0.29) is 31.9 Å². The predicted molar refractivity (Wildman–Crippen MR) is 112 cm³/mol. The second-order valence-corrected chi connectivity index (χ2v) is 7.27. The number of ether oxygens (including phenoxy) is 4. The van der Waals surface area contributed by atoms with E-state index in [4.69, 9.17) is 18.9 Å². The van der Waals surface area contributed by atoms with E-state index in [1.165, 1.54) is 6.07 Å². The highest BCUT2D eigenvalue weighted by molar-refractivity contribution is 5.66. The summed E-state index contributed by atoms with van der Waals surface area (Å²) in [5, 5.41) is 45.5. The lowest BCUT2D eigenvalue weighted by molar-refractivity contribution is -0.393. The number of carbonyl (C=O) groups excluding carboxylic acids is 2. The van der Waals surface area contributed by atoms with Crippen molar-refractivity contribution in [3.8, 4) is 0 Å². The summed E-state index contributed by atoms with van der Waals surface area (Å²) in [6.45, 7) is 2.01. The van der Waals surface area contributed by atoms with Crippen molar-refractivity contribution in [1.82, 2.24) is 0 Å². The molecule has 0 aliphatic carbocycles. The Morgan fingerprint density at radius 2 is 1.82 bits per heavy atom. The largest absolute Gasteiger partial charge is 0.463 e. The number of benzene rings is 1. The van der Waals surface area contributed by atoms with E-state index in [1.807, 2.05) is 0 Å². The zero-order valence-corrected chi connectivity index (χ0v) is 18.3. The van der Waals surface area contributed by atoms with Gasteiger partial charge in [0.15, 0.2) is 12.4 Å². The van der Waals surface area contributed by atoms with Crippen molar-refractivity contribution in [2.24, 2.45) is 0 Å². The number of nitro benzene ring substituents is 2. The standard InChI is InChI=1S/C19H25N3O12/c1-10(23)32-9-15-16(25)18(33-11(2)24)17(26)19(34-15)31-7-3-6-20-13-5-4-12(21(27)28)8-14(13)22(29)30/h4-5,8,15-20,25-26H,3,6-7,9H2,1-2H3/t15-,16-,17-,18+,19-/m1/s1. The van der Waals surface area contributed by atoms with Gasteiger partial charge in [0.2, 0.25) is 0 Å². The van der Waals surface area contributed by atoms with Gasteiger partial charge in [-0.1, -0.05) is 0 Å². The molecule has 0 spiro atoms. The van der Waals surface area contributed by atoms with Crippen molar-refractivity contribution in [1.29, 1.82) is 0 Å². The third kappa shape index (κ3) is 7.31. The van der Waals surface area contributed by atoms with Gasteiger partial charge in [0.1, 0.15) is 30.6 Å². The molecule has 0 aromatic heterocycles. The van der Waals surface area contributed by atoms with Crippen molar-refractivity contribution < 1.29 is 48.6 Å². The van der Waals surface area contributed by atoms with Crippen LogP contribution in [-0.4, -0.2) is 82.5 Å². The average molecular weight is 487 g/mol. The fourth-order valence-electron chi connectivity index (χ4n) is 3.14. The number of esters is 2. The van der Waals surface area contributed by atoms with E-state index in [0.29, 0.717) is 0 Å². The molecule has 0 unspecified atom stereocenters. The van der Waals surface area contributed by atoms with Crippen molar-refractivity contribution in [2.45, 2.75) is 51.0 Å². The predicted octanol–water partition coefficient (Wildman–Crippen LogP) is 0.263. The fraction of sp³-hybridized carbons (Fsp3) is 0.579. The molecule has 188 valence electrons. The number of hydrogen-bond donors (Lipinski definition) is 3. The van der Waals surface area contributed by atoms with E-state index >= 15 is 0 Å². The van der Waals surface area contributed by atoms with E-state index in [9.17, 15) is 40.0 Å². The first-order valence-electron chi connectivity index (χ1n) is 10.1. The molecule has 2 rings (SSSR count). The van der Waals surface area contributed by atoms with Gasteiger partial charge in [0.25, 0.3) is 11.4 Å². The zero-order valence-electron chi connectivity index (χ0n) is 18.3. The van der Waals surface area contributed by atoms with Crippen LogP contribution in [0.5, 0.6) is 0 Å². The Hall–Kier alpha value is -3.40. The summed E-state index contributed by atoms with van der Waals surface area (Å²) in [4.78, 5) is 42.9. The summed E-state index contributed by atoms with van der Waals surface area (Å²) in [5.74, 6) is -1.39. The Bertz CT molecular complexity index is 911. The molecular formula is C19H25N3O12. The van der Waals surface area contributed by atoms with Crippen molar-refractivity contribution >= 4 is 29.0 Å². The van der Waals surface area contributed by atoms with Crippen LogP contribution in [0.2, 0.25) is 0 Å². The first-order valence-corrected chi connectivity index (χ1v) is 10.1. The number of aliphatic hydroxyl groups is 2. The second-order valence-electron chi connectivity index (χ2n) is 7.27. The first-order chi connectivity index (χ1) is 16.0. The number of nitro groups is 2. The van der Waals surface area contributed by atoms with Crippen LogP contribution in [-0.2, 0) is 28.5 Å². The molecule has 1 fully saturated rings. The molecule has 3 N–H and O–H groups in total. The summed E-state index contributed by atoms with van der Waals surface area (Å²) in [5.41, 5.74) is -0.812. The topological polar surface area (TPSA) is 210 Å². The number of nitrogens with one attached hydrogen (secondary N) is 1. The molecule has 0 saturated carbocycles. The summed E-state index contributed by atoms with van der Waals surface area (Å²) in [6, 6.07) is 3.19. The maximum Gasteiger partial charge on any atom is 0.303 e. The van der Waals surface area contributed by atoms with E-state index in [2.05, 4.69) is 5.32 Å². The number of hydrogen-bond acceptors (Lipinski definition) is 13. The molecule has 1 aromatic carbocycles. The lowest BCUT2D eigenvalue weighted by Crippen LogP contribution is -2.60. The fourth-order valence-corrected chi connectivity index (χ4v) is 3.14. The van der Waals surface area contributed by atoms with Crippen molar-refractivity contribution in [3.63, 3.8) is 0 Å². The lowest BCUT2D eigenvalue weighted by atomic mass is 9.99. The molecule has 1 heterocycles. The Balaban J connectivity index is 1.94. The Labute approximate surface area is 192 Å². The number of carbonyl (C=O) groups is 2. The lowest BCUT2D eigenvalue weighted by Gasteiger charge is -2.41. The second kappa shape index (κ2) is 12.2. The number of aliphatic hydroxyl groups excluding tert-OH is 2. The minimum Gasteiger partial charge on any atom is -0.463 e. The molecule has 15 heteroatoms. The van der Waals surface area contributed by atoms with Gasteiger partial charge in [-0.15, -0.1) is 0 Å². The summed E-state index contributed by atoms with van der Waals surface area (Å²) < 4.78 is 20.7. The quantitative estimate of drug-likeness (QED) is 0.166. The first kappa shape index (κ1) is 26.8.